The zero-order valence-electron chi connectivity index (χ0n) is 16.7. The molecule has 13 nitrogen and oxygen atoms in total. The molecule has 15 heteroatoms. The van der Waals surface area contributed by atoms with Crippen molar-refractivity contribution >= 4 is 50.4 Å². The number of nitrogens with one attached hydrogen (secondary N) is 1. The number of anilines is 2. The number of benzene rings is 1. The highest BCUT2D eigenvalue weighted by molar-refractivity contribution is 7.85. The number of nitrogens with zero attached hydrogens (tertiary/aromatic N) is 3. The minimum atomic E-state index is -4.62. The van der Waals surface area contributed by atoms with E-state index in [1.54, 1.807) is 10.8 Å². The van der Waals surface area contributed by atoms with Crippen molar-refractivity contribution < 1.29 is 32.3 Å². The van der Waals surface area contributed by atoms with E-state index in [0.717, 1.165) is 0 Å². The fourth-order valence-electron chi connectivity index (χ4n) is 3.33. The number of fused-ring (bicyclic) bond motifs is 1. The number of hydrogen-bond acceptors (Lipinski definition) is 11. The summed E-state index contributed by atoms with van der Waals surface area (Å²) >= 11 is 5.84. The van der Waals surface area contributed by atoms with Crippen molar-refractivity contribution in [2.75, 3.05) is 18.1 Å². The molecule has 0 saturated carbocycles. The van der Waals surface area contributed by atoms with E-state index < -0.39 is 47.4 Å². The van der Waals surface area contributed by atoms with Crippen molar-refractivity contribution in [1.82, 2.24) is 19.3 Å². The molecule has 4 rings (SSSR count). The smallest absolute Gasteiger partial charge is 0.362 e. The minimum absolute atomic E-state index is 0.0757. The van der Waals surface area contributed by atoms with E-state index >= 15 is 0 Å². The molecule has 1 amide bonds. The number of imidazole rings is 1. The van der Waals surface area contributed by atoms with Gasteiger partial charge in [-0.2, -0.15) is 8.42 Å². The topological polar surface area (TPSA) is 205 Å². The first-order chi connectivity index (χ1) is 15.6. The molecule has 2 aromatic heterocycles. The molecule has 1 aliphatic rings. The number of nitrogens with two attached hydrogens (primary N) is 2. The van der Waals surface area contributed by atoms with E-state index in [1.807, 2.05) is 0 Å². The molecule has 1 fully saturated rings. The Morgan fingerprint density at radius 1 is 1.24 bits per heavy atom. The van der Waals surface area contributed by atoms with Crippen molar-refractivity contribution in [1.29, 1.82) is 0 Å². The van der Waals surface area contributed by atoms with Gasteiger partial charge < -0.3 is 26.4 Å². The van der Waals surface area contributed by atoms with Gasteiger partial charge in [-0.15, -0.1) is 0 Å². The van der Waals surface area contributed by atoms with Crippen LogP contribution in [0.25, 0.3) is 11.2 Å². The number of halogens is 1. The van der Waals surface area contributed by atoms with Crippen LogP contribution in [0, 0.1) is 0 Å². The first-order valence-electron chi connectivity index (χ1n) is 9.43. The van der Waals surface area contributed by atoms with Gasteiger partial charge >= 0.3 is 10.3 Å². The maximum atomic E-state index is 12.2. The Bertz CT molecular complexity index is 1320. The summed E-state index contributed by atoms with van der Waals surface area (Å²) in [7, 11) is -4.62. The third-order valence-corrected chi connectivity index (χ3v) is 6.22. The normalized spacial score (nSPS) is 23.1. The molecule has 1 saturated heterocycles. The summed E-state index contributed by atoms with van der Waals surface area (Å²) in [5.41, 5.74) is 12.3. The number of amides is 1. The second-order valence-electron chi connectivity index (χ2n) is 7.14. The summed E-state index contributed by atoms with van der Waals surface area (Å²) in [6.07, 6.45) is -2.60. The lowest BCUT2D eigenvalue weighted by molar-refractivity contribution is -0.0468. The summed E-state index contributed by atoms with van der Waals surface area (Å²) in [4.78, 5) is 20.5. The molecule has 1 aliphatic heterocycles. The number of ether oxygens (including phenoxy) is 1. The Balaban J connectivity index is 1.44. The second kappa shape index (κ2) is 8.74. The molecule has 0 bridgehead atoms. The number of para-hydroxylation sites is 1. The van der Waals surface area contributed by atoms with Crippen LogP contribution >= 0.6 is 11.6 Å². The van der Waals surface area contributed by atoms with Crippen LogP contribution in [-0.4, -0.2) is 64.0 Å². The third-order valence-electron chi connectivity index (χ3n) is 5.01. The van der Waals surface area contributed by atoms with Crippen LogP contribution in [-0.2, 0) is 19.2 Å². The number of aliphatic hydroxyl groups is 2. The van der Waals surface area contributed by atoms with Gasteiger partial charge in [0.1, 0.15) is 23.8 Å². The fraction of sp³-hybridized carbons (Fsp3) is 0.278. The van der Waals surface area contributed by atoms with Gasteiger partial charge in [0.15, 0.2) is 11.9 Å². The number of rotatable bonds is 6. The molecule has 1 aromatic carbocycles. The Morgan fingerprint density at radius 2 is 2.00 bits per heavy atom. The van der Waals surface area contributed by atoms with Crippen LogP contribution in [0.3, 0.4) is 0 Å². The lowest BCUT2D eigenvalue weighted by Crippen LogP contribution is -2.38. The Hall–Kier alpha value is -3.01. The average Bonchev–Trinajstić information content (AvgIpc) is 3.31. The molecular weight excluding hydrogens is 480 g/mol. The zero-order valence-corrected chi connectivity index (χ0v) is 18.3. The van der Waals surface area contributed by atoms with Crippen molar-refractivity contribution in [3.05, 3.63) is 47.4 Å². The number of aliphatic hydroxyl groups excluding tert-OH is 2. The van der Waals surface area contributed by atoms with Crippen molar-refractivity contribution in [2.24, 2.45) is 0 Å². The van der Waals surface area contributed by atoms with E-state index in [1.165, 1.54) is 35.3 Å². The first kappa shape index (κ1) is 23.2. The van der Waals surface area contributed by atoms with E-state index in [9.17, 15) is 23.4 Å². The Kier molecular flexibility index (Phi) is 6.13. The van der Waals surface area contributed by atoms with Gasteiger partial charge in [-0.25, -0.2) is 14.7 Å². The highest BCUT2D eigenvalue weighted by Gasteiger charge is 2.45. The fourth-order valence-corrected chi connectivity index (χ4v) is 4.21. The number of aromatic nitrogens is 3. The minimum Gasteiger partial charge on any atom is -0.397 e. The van der Waals surface area contributed by atoms with Crippen molar-refractivity contribution in [2.45, 2.75) is 24.5 Å². The van der Waals surface area contributed by atoms with Gasteiger partial charge in [-0.1, -0.05) is 17.7 Å². The number of pyridine rings is 1. The molecule has 33 heavy (non-hydrogen) atoms. The summed E-state index contributed by atoms with van der Waals surface area (Å²) in [6.45, 7) is -0.704. The van der Waals surface area contributed by atoms with Crippen LogP contribution in [0.1, 0.15) is 16.6 Å². The Labute approximate surface area is 192 Å². The maximum absolute atomic E-state index is 12.2. The number of nitrogen functional groups attached to an aromatic ring is 2. The predicted molar refractivity (Wildman–Crippen MR) is 116 cm³/mol. The molecule has 4 atom stereocenters. The molecule has 3 aromatic rings. The second-order valence-corrected chi connectivity index (χ2v) is 8.90. The average molecular weight is 499 g/mol. The zero-order chi connectivity index (χ0) is 23.9. The van der Waals surface area contributed by atoms with Gasteiger partial charge in [0.25, 0.3) is 5.91 Å². The Morgan fingerprint density at radius 3 is 2.76 bits per heavy atom. The number of carbonyl (C=O) groups is 1. The molecule has 0 radical (unpaired) electrons. The first-order valence-corrected chi connectivity index (χ1v) is 11.2. The largest absolute Gasteiger partial charge is 0.397 e. The molecule has 3 heterocycles. The monoisotopic (exact) mass is 498 g/mol. The van der Waals surface area contributed by atoms with Crippen molar-refractivity contribution in [3.8, 4) is 0 Å². The van der Waals surface area contributed by atoms with E-state index in [0.29, 0.717) is 16.9 Å². The molecule has 7 N–H and O–H groups in total. The van der Waals surface area contributed by atoms with Crippen LogP contribution in [0.5, 0.6) is 0 Å². The van der Waals surface area contributed by atoms with Gasteiger partial charge in [0.05, 0.1) is 34.9 Å². The molecule has 0 spiro atoms. The van der Waals surface area contributed by atoms with Crippen molar-refractivity contribution in [3.63, 3.8) is 0 Å². The molecule has 0 unspecified atom stereocenters. The van der Waals surface area contributed by atoms with E-state index in [2.05, 4.69) is 9.97 Å². The summed E-state index contributed by atoms with van der Waals surface area (Å²) in [5.74, 6) is -1.06. The quantitative estimate of drug-likeness (QED) is 0.275. The van der Waals surface area contributed by atoms with Gasteiger partial charge in [0.2, 0.25) is 0 Å². The van der Waals surface area contributed by atoms with Gasteiger partial charge in [0, 0.05) is 6.20 Å². The molecule has 176 valence electrons. The van der Waals surface area contributed by atoms with Gasteiger partial charge in [-0.3, -0.25) is 13.5 Å². The lowest BCUT2D eigenvalue weighted by atomic mass is 10.1. The standard InChI is InChI=1S/C18H19ClN6O7S/c19-9-3-1-2-8(12(9)21)17(28)24-33(29,30)31-6-11-14(26)15(27)18(32-11)25-7-23-13-10(20)4-5-22-16(13)25/h1-5,7,11,14-15,18,26-27H,6,21H2,(H2,20,22)(H,24,28)/t11-,14-,15-,18-/m1/s1. The van der Waals surface area contributed by atoms with Crippen LogP contribution in [0.4, 0.5) is 11.4 Å². The summed E-state index contributed by atoms with van der Waals surface area (Å²) in [5, 5.41) is 20.8. The predicted octanol–water partition coefficient (Wildman–Crippen LogP) is -0.440. The molecule has 0 aliphatic carbocycles. The highest BCUT2D eigenvalue weighted by atomic mass is 35.5. The number of hydrogen-bond donors (Lipinski definition) is 5. The summed E-state index contributed by atoms with van der Waals surface area (Å²) in [6, 6.07) is 5.69. The number of carbonyl (C=O) groups excluding carboxylic acids is 1. The maximum Gasteiger partial charge on any atom is 0.362 e. The lowest BCUT2D eigenvalue weighted by Gasteiger charge is -2.16. The SMILES string of the molecule is Nc1c(Cl)cccc1C(=O)NS(=O)(=O)OC[C@H]1O[C@@H](n2cnc3c(N)ccnc32)[C@H](O)[C@@H]1O. The molecular formula is C18H19ClN6O7S. The van der Waals surface area contributed by atoms with Crippen LogP contribution in [0.15, 0.2) is 36.8 Å². The third kappa shape index (κ3) is 4.44. The van der Waals surface area contributed by atoms with E-state index in [4.69, 9.17) is 32.0 Å². The van der Waals surface area contributed by atoms with Crippen LogP contribution in [0.2, 0.25) is 5.02 Å². The van der Waals surface area contributed by atoms with Gasteiger partial charge in [-0.05, 0) is 18.2 Å². The summed E-state index contributed by atoms with van der Waals surface area (Å²) < 4.78 is 37.9. The van der Waals surface area contributed by atoms with Crippen LogP contribution < -0.4 is 16.2 Å². The van der Waals surface area contributed by atoms with E-state index in [-0.39, 0.29) is 16.3 Å². The highest BCUT2D eigenvalue weighted by Crippen LogP contribution is 2.32.